The van der Waals surface area contributed by atoms with Crippen molar-refractivity contribution < 1.29 is 9.59 Å². The van der Waals surface area contributed by atoms with Gasteiger partial charge in [-0.3, -0.25) is 14.5 Å². The highest BCUT2D eigenvalue weighted by Gasteiger charge is 2.27. The number of hydrogen-bond donors (Lipinski definition) is 1. The number of thioether (sulfide) groups is 1. The highest BCUT2D eigenvalue weighted by atomic mass is 32.2. The lowest BCUT2D eigenvalue weighted by Gasteiger charge is -2.28. The van der Waals surface area contributed by atoms with Crippen LogP contribution in [0.3, 0.4) is 0 Å². The molecule has 2 amide bonds. The zero-order valence-corrected chi connectivity index (χ0v) is 21.6. The summed E-state index contributed by atoms with van der Waals surface area (Å²) in [5.41, 5.74) is 6.37. The number of nitrogens with one attached hydrogen (secondary N) is 1. The summed E-state index contributed by atoms with van der Waals surface area (Å²) < 4.78 is 0. The number of likely N-dealkylation sites (N-methyl/N-ethyl adjacent to an activating group) is 1. The molecule has 5 nitrogen and oxygen atoms in total. The third-order valence-corrected chi connectivity index (χ3v) is 7.88. The quantitative estimate of drug-likeness (QED) is 0.372. The molecule has 0 aromatic heterocycles. The average molecular weight is 498 g/mol. The van der Waals surface area contributed by atoms with Gasteiger partial charge >= 0.3 is 0 Å². The number of hydrogen-bond acceptors (Lipinski definition) is 4. The summed E-state index contributed by atoms with van der Waals surface area (Å²) in [5, 5.41) is 3.05. The van der Waals surface area contributed by atoms with Crippen LogP contribution in [0.5, 0.6) is 0 Å². The van der Waals surface area contributed by atoms with Crippen LogP contribution in [-0.2, 0) is 17.8 Å². The molecule has 0 atom stereocenters. The van der Waals surface area contributed by atoms with Crippen LogP contribution in [0.15, 0.2) is 76.5 Å². The minimum atomic E-state index is -0.103. The van der Waals surface area contributed by atoms with Gasteiger partial charge in [-0.2, -0.15) is 0 Å². The van der Waals surface area contributed by atoms with Crippen molar-refractivity contribution in [1.82, 2.24) is 10.2 Å². The summed E-state index contributed by atoms with van der Waals surface area (Å²) in [6.45, 7) is 5.67. The monoisotopic (exact) mass is 497 g/mol. The van der Waals surface area contributed by atoms with E-state index in [1.807, 2.05) is 49.4 Å². The topological polar surface area (TPSA) is 52.7 Å². The molecule has 2 heterocycles. The zero-order valence-electron chi connectivity index (χ0n) is 20.8. The predicted molar refractivity (Wildman–Crippen MR) is 147 cm³/mol. The molecule has 1 N–H and O–H groups in total. The minimum Gasteiger partial charge on any atom is -0.352 e. The van der Waals surface area contributed by atoms with Crippen molar-refractivity contribution in [2.24, 2.45) is 0 Å². The van der Waals surface area contributed by atoms with Crippen LogP contribution in [0.4, 0.5) is 5.69 Å². The van der Waals surface area contributed by atoms with Crippen molar-refractivity contribution in [3.8, 4) is 0 Å². The Morgan fingerprint density at radius 1 is 1.06 bits per heavy atom. The predicted octanol–water partition coefficient (Wildman–Crippen LogP) is 5.28. The number of aryl methyl sites for hydroxylation is 1. The smallest absolute Gasteiger partial charge is 0.264 e. The van der Waals surface area contributed by atoms with Gasteiger partial charge in [0.05, 0.1) is 10.6 Å². The van der Waals surface area contributed by atoms with Gasteiger partial charge in [-0.1, -0.05) is 65.9 Å². The van der Waals surface area contributed by atoms with E-state index in [-0.39, 0.29) is 11.8 Å². The van der Waals surface area contributed by atoms with Crippen molar-refractivity contribution in [2.75, 3.05) is 31.6 Å². The van der Waals surface area contributed by atoms with Gasteiger partial charge in [0.1, 0.15) is 0 Å². The second kappa shape index (κ2) is 10.7. The standard InChI is InChI=1S/C30H31N3O2S/c1-21-7-5-8-22(17-21)18-28-30(35)32(2)26-19-24(11-12-27(26)36-28)29(34)31-14-6-15-33-16-13-23-9-3-4-10-25(23)20-33/h3-5,7-12,17-19H,6,13-16,20H2,1-2H3,(H,31,34). The fraction of sp³-hybridized carbons (Fsp3) is 0.267. The van der Waals surface area contributed by atoms with Gasteiger partial charge < -0.3 is 10.2 Å². The van der Waals surface area contributed by atoms with E-state index in [1.165, 1.54) is 22.9 Å². The molecule has 0 saturated carbocycles. The van der Waals surface area contributed by atoms with E-state index in [0.717, 1.165) is 54.2 Å². The summed E-state index contributed by atoms with van der Waals surface area (Å²) in [5.74, 6) is -0.164. The Hall–Kier alpha value is -3.35. The van der Waals surface area contributed by atoms with E-state index < -0.39 is 0 Å². The summed E-state index contributed by atoms with van der Waals surface area (Å²) in [7, 11) is 1.77. The Balaban J connectivity index is 1.18. The summed E-state index contributed by atoms with van der Waals surface area (Å²) >= 11 is 1.46. The molecule has 5 rings (SSSR count). The fourth-order valence-electron chi connectivity index (χ4n) is 4.80. The first-order valence-electron chi connectivity index (χ1n) is 12.4. The fourth-order valence-corrected chi connectivity index (χ4v) is 5.89. The van der Waals surface area contributed by atoms with Crippen LogP contribution in [0, 0.1) is 6.92 Å². The Bertz CT molecular complexity index is 1330. The third kappa shape index (κ3) is 5.40. The molecule has 3 aromatic rings. The van der Waals surface area contributed by atoms with Crippen LogP contribution >= 0.6 is 11.8 Å². The van der Waals surface area contributed by atoms with Gasteiger partial charge in [0, 0.05) is 43.7 Å². The molecule has 0 unspecified atom stereocenters. The maximum atomic E-state index is 13.0. The summed E-state index contributed by atoms with van der Waals surface area (Å²) in [6.07, 6.45) is 3.92. The van der Waals surface area contributed by atoms with Gasteiger partial charge in [0.2, 0.25) is 0 Å². The van der Waals surface area contributed by atoms with Crippen molar-refractivity contribution in [1.29, 1.82) is 0 Å². The highest BCUT2D eigenvalue weighted by Crippen LogP contribution is 2.42. The third-order valence-electron chi connectivity index (χ3n) is 6.80. The summed E-state index contributed by atoms with van der Waals surface area (Å²) in [6, 6.07) is 22.3. The lowest BCUT2D eigenvalue weighted by atomic mass is 10.00. The van der Waals surface area contributed by atoms with E-state index in [9.17, 15) is 9.59 Å². The molecule has 6 heteroatoms. The van der Waals surface area contributed by atoms with E-state index >= 15 is 0 Å². The van der Waals surface area contributed by atoms with Crippen molar-refractivity contribution in [3.63, 3.8) is 0 Å². The lowest BCUT2D eigenvalue weighted by molar-refractivity contribution is -0.114. The van der Waals surface area contributed by atoms with Gasteiger partial charge in [0.15, 0.2) is 0 Å². The largest absolute Gasteiger partial charge is 0.352 e. The Morgan fingerprint density at radius 3 is 2.72 bits per heavy atom. The molecule has 0 radical (unpaired) electrons. The maximum Gasteiger partial charge on any atom is 0.264 e. The number of amides is 2. The lowest BCUT2D eigenvalue weighted by Crippen LogP contribution is -2.34. The first-order chi connectivity index (χ1) is 17.5. The van der Waals surface area contributed by atoms with Gasteiger partial charge in [-0.05, 0) is 60.7 Å². The normalized spacial score (nSPS) is 16.6. The number of carbonyl (C=O) groups excluding carboxylic acids is 2. The number of fused-ring (bicyclic) bond motifs is 2. The minimum absolute atomic E-state index is 0.0605. The number of rotatable bonds is 6. The molecule has 3 aromatic carbocycles. The molecule has 0 saturated heterocycles. The number of benzene rings is 3. The second-order valence-electron chi connectivity index (χ2n) is 9.48. The molecular formula is C30H31N3O2S. The average Bonchev–Trinajstić information content (AvgIpc) is 2.89. The Labute approximate surface area is 217 Å². The number of carbonyl (C=O) groups is 2. The zero-order chi connectivity index (χ0) is 25.1. The van der Waals surface area contributed by atoms with Crippen LogP contribution in [0.25, 0.3) is 6.08 Å². The molecule has 2 aliphatic heterocycles. The Morgan fingerprint density at radius 2 is 1.89 bits per heavy atom. The van der Waals surface area contributed by atoms with Crippen molar-refractivity contribution in [3.05, 3.63) is 99.5 Å². The van der Waals surface area contributed by atoms with E-state index in [2.05, 4.69) is 40.5 Å². The van der Waals surface area contributed by atoms with E-state index in [0.29, 0.717) is 17.0 Å². The highest BCUT2D eigenvalue weighted by molar-refractivity contribution is 8.04. The van der Waals surface area contributed by atoms with Crippen LogP contribution in [0.1, 0.15) is 39.0 Å². The molecule has 0 aliphatic carbocycles. The van der Waals surface area contributed by atoms with Gasteiger partial charge in [0.25, 0.3) is 11.8 Å². The first kappa shape index (κ1) is 24.3. The van der Waals surface area contributed by atoms with Crippen LogP contribution < -0.4 is 10.2 Å². The SMILES string of the molecule is Cc1cccc(C=C2Sc3ccc(C(=O)NCCCN4CCc5ccccc5C4)cc3N(C)C2=O)c1. The number of anilines is 1. The van der Waals surface area contributed by atoms with Crippen molar-refractivity contribution >= 4 is 35.3 Å². The number of nitrogens with zero attached hydrogens (tertiary/aromatic N) is 2. The van der Waals surface area contributed by atoms with Crippen LogP contribution in [0.2, 0.25) is 0 Å². The maximum absolute atomic E-state index is 13.0. The van der Waals surface area contributed by atoms with Gasteiger partial charge in [-0.15, -0.1) is 0 Å². The van der Waals surface area contributed by atoms with Crippen LogP contribution in [-0.4, -0.2) is 43.4 Å². The molecule has 0 bridgehead atoms. The second-order valence-corrected chi connectivity index (χ2v) is 10.6. The molecule has 2 aliphatic rings. The summed E-state index contributed by atoms with van der Waals surface area (Å²) in [4.78, 5) is 31.6. The molecular weight excluding hydrogens is 466 g/mol. The van der Waals surface area contributed by atoms with Crippen molar-refractivity contribution in [2.45, 2.75) is 31.2 Å². The van der Waals surface area contributed by atoms with E-state index in [4.69, 9.17) is 0 Å². The molecule has 36 heavy (non-hydrogen) atoms. The Kier molecular flexibility index (Phi) is 7.25. The molecule has 0 spiro atoms. The molecule has 0 fully saturated rings. The van der Waals surface area contributed by atoms with E-state index in [1.54, 1.807) is 11.9 Å². The van der Waals surface area contributed by atoms with Gasteiger partial charge in [-0.25, -0.2) is 0 Å². The first-order valence-corrected chi connectivity index (χ1v) is 13.3. The molecule has 184 valence electrons.